The van der Waals surface area contributed by atoms with Gasteiger partial charge < -0.3 is 14.7 Å². The Morgan fingerprint density at radius 2 is 2.40 bits per heavy atom. The molecule has 0 bridgehead atoms. The Morgan fingerprint density at radius 1 is 1.60 bits per heavy atom. The van der Waals surface area contributed by atoms with Crippen LogP contribution >= 0.6 is 0 Å². The summed E-state index contributed by atoms with van der Waals surface area (Å²) in [4.78, 5) is 13.9. The van der Waals surface area contributed by atoms with Gasteiger partial charge in [0, 0.05) is 6.54 Å². The smallest absolute Gasteiger partial charge is 0.228 e. The van der Waals surface area contributed by atoms with Crippen LogP contribution in [0, 0.1) is 5.92 Å². The predicted octanol–water partition coefficient (Wildman–Crippen LogP) is 0.395. The van der Waals surface area contributed by atoms with Gasteiger partial charge in [0.15, 0.2) is 0 Å². The average molecular weight is 213 g/mol. The van der Waals surface area contributed by atoms with Crippen LogP contribution in [-0.2, 0) is 9.53 Å². The van der Waals surface area contributed by atoms with Gasteiger partial charge in [0.05, 0.1) is 31.3 Å². The van der Waals surface area contributed by atoms with Crippen molar-refractivity contribution in [3.63, 3.8) is 0 Å². The molecule has 2 saturated heterocycles. The zero-order valence-electron chi connectivity index (χ0n) is 9.19. The summed E-state index contributed by atoms with van der Waals surface area (Å²) >= 11 is 0. The maximum absolute atomic E-state index is 12.1. The second-order valence-corrected chi connectivity index (χ2v) is 4.59. The number of nitrogens with zero attached hydrogens (tertiary/aromatic N) is 1. The van der Waals surface area contributed by atoms with Gasteiger partial charge in [-0.25, -0.2) is 0 Å². The molecular formula is C11H19NO3. The number of hydrogen-bond acceptors (Lipinski definition) is 3. The van der Waals surface area contributed by atoms with E-state index in [0.717, 1.165) is 25.8 Å². The van der Waals surface area contributed by atoms with E-state index < -0.39 is 0 Å². The minimum absolute atomic E-state index is 0.0205. The fourth-order valence-corrected chi connectivity index (χ4v) is 2.54. The fourth-order valence-electron chi connectivity index (χ4n) is 2.54. The van der Waals surface area contributed by atoms with Gasteiger partial charge >= 0.3 is 0 Å². The van der Waals surface area contributed by atoms with Crippen molar-refractivity contribution in [2.75, 3.05) is 19.8 Å². The number of carbonyl (C=O) groups excluding carboxylic acids is 1. The number of rotatable bonds is 2. The Kier molecular flexibility index (Phi) is 3.26. The van der Waals surface area contributed by atoms with E-state index in [1.807, 2.05) is 11.8 Å². The van der Waals surface area contributed by atoms with Gasteiger partial charge in [0.1, 0.15) is 0 Å². The summed E-state index contributed by atoms with van der Waals surface area (Å²) in [7, 11) is 0. The van der Waals surface area contributed by atoms with Crippen LogP contribution in [0.5, 0.6) is 0 Å². The maximum atomic E-state index is 12.1. The van der Waals surface area contributed by atoms with Crippen molar-refractivity contribution < 1.29 is 14.6 Å². The minimum Gasteiger partial charge on any atom is -0.394 e. The molecule has 2 heterocycles. The first-order valence-electron chi connectivity index (χ1n) is 5.75. The second kappa shape index (κ2) is 4.49. The molecule has 3 atom stereocenters. The monoisotopic (exact) mass is 213 g/mol. The third kappa shape index (κ3) is 2.16. The molecule has 86 valence electrons. The standard InChI is InChI=1S/C11H19NO3/c1-8-5-9(7-15-8)11(14)12-4-2-3-10(12)6-13/h8-10,13H,2-7H2,1H3/t8?,9?,10-/m1/s1. The highest BCUT2D eigenvalue weighted by atomic mass is 16.5. The maximum Gasteiger partial charge on any atom is 0.228 e. The lowest BCUT2D eigenvalue weighted by atomic mass is 10.0. The molecule has 2 rings (SSSR count). The Hall–Kier alpha value is -0.610. The molecule has 2 aliphatic heterocycles. The van der Waals surface area contributed by atoms with Gasteiger partial charge in [0.2, 0.25) is 5.91 Å². The molecule has 2 fully saturated rings. The number of aliphatic hydroxyl groups is 1. The van der Waals surface area contributed by atoms with E-state index in [1.165, 1.54) is 0 Å². The molecular weight excluding hydrogens is 194 g/mol. The molecule has 2 unspecified atom stereocenters. The quantitative estimate of drug-likeness (QED) is 0.722. The summed E-state index contributed by atoms with van der Waals surface area (Å²) in [5, 5.41) is 9.15. The number of likely N-dealkylation sites (tertiary alicyclic amines) is 1. The Bertz CT molecular complexity index is 244. The molecule has 0 aromatic carbocycles. The van der Waals surface area contributed by atoms with Crippen molar-refractivity contribution in [2.45, 2.75) is 38.3 Å². The average Bonchev–Trinajstić information content (AvgIpc) is 2.84. The normalized spacial score (nSPS) is 36.1. The molecule has 4 heteroatoms. The lowest BCUT2D eigenvalue weighted by Crippen LogP contribution is -2.41. The van der Waals surface area contributed by atoms with Crippen LogP contribution in [0.2, 0.25) is 0 Å². The van der Waals surface area contributed by atoms with Gasteiger partial charge in [-0.1, -0.05) is 0 Å². The van der Waals surface area contributed by atoms with Gasteiger partial charge in [-0.15, -0.1) is 0 Å². The lowest BCUT2D eigenvalue weighted by Gasteiger charge is -2.25. The van der Waals surface area contributed by atoms with Crippen molar-refractivity contribution in [3.05, 3.63) is 0 Å². The largest absolute Gasteiger partial charge is 0.394 e. The molecule has 1 amide bonds. The van der Waals surface area contributed by atoms with E-state index in [9.17, 15) is 4.79 Å². The van der Waals surface area contributed by atoms with Crippen LogP contribution in [0.4, 0.5) is 0 Å². The summed E-state index contributed by atoms with van der Waals surface area (Å²) in [5.74, 6) is 0.197. The molecule has 4 nitrogen and oxygen atoms in total. The molecule has 0 aromatic rings. The van der Waals surface area contributed by atoms with Crippen LogP contribution in [-0.4, -0.2) is 47.8 Å². The summed E-state index contributed by atoms with van der Waals surface area (Å²) in [6.07, 6.45) is 2.98. The van der Waals surface area contributed by atoms with E-state index in [0.29, 0.717) is 6.61 Å². The van der Waals surface area contributed by atoms with Crippen molar-refractivity contribution in [2.24, 2.45) is 5.92 Å². The van der Waals surface area contributed by atoms with Crippen LogP contribution in [0.3, 0.4) is 0 Å². The SMILES string of the molecule is CC1CC(C(=O)N2CCC[C@@H]2CO)CO1. The van der Waals surface area contributed by atoms with Crippen LogP contribution < -0.4 is 0 Å². The topological polar surface area (TPSA) is 49.8 Å². The molecule has 0 saturated carbocycles. The summed E-state index contributed by atoms with van der Waals surface area (Å²) in [6.45, 7) is 3.44. The first-order chi connectivity index (χ1) is 7.22. The van der Waals surface area contributed by atoms with Gasteiger partial charge in [-0.05, 0) is 26.2 Å². The van der Waals surface area contributed by atoms with Gasteiger partial charge in [-0.3, -0.25) is 4.79 Å². The number of aliphatic hydroxyl groups excluding tert-OH is 1. The highest BCUT2D eigenvalue weighted by molar-refractivity contribution is 5.79. The van der Waals surface area contributed by atoms with Crippen molar-refractivity contribution in [1.82, 2.24) is 4.90 Å². The molecule has 0 spiro atoms. The second-order valence-electron chi connectivity index (χ2n) is 4.59. The Morgan fingerprint density at radius 3 is 3.00 bits per heavy atom. The summed E-state index contributed by atoms with van der Waals surface area (Å²) in [5.41, 5.74) is 0. The molecule has 0 aromatic heterocycles. The molecule has 1 N–H and O–H groups in total. The Labute approximate surface area is 90.2 Å². The molecule has 15 heavy (non-hydrogen) atoms. The third-order valence-corrected chi connectivity index (χ3v) is 3.42. The Balaban J connectivity index is 1.95. The molecule has 0 radical (unpaired) electrons. The minimum atomic E-state index is 0.0205. The number of carbonyl (C=O) groups is 1. The lowest BCUT2D eigenvalue weighted by molar-refractivity contribution is -0.137. The van der Waals surface area contributed by atoms with Gasteiger partial charge in [-0.2, -0.15) is 0 Å². The molecule has 2 aliphatic rings. The van der Waals surface area contributed by atoms with Gasteiger partial charge in [0.25, 0.3) is 0 Å². The number of amides is 1. The zero-order chi connectivity index (χ0) is 10.8. The van der Waals surface area contributed by atoms with Crippen LogP contribution in [0.15, 0.2) is 0 Å². The molecule has 0 aliphatic carbocycles. The number of hydrogen-bond donors (Lipinski definition) is 1. The van der Waals surface area contributed by atoms with Crippen LogP contribution in [0.25, 0.3) is 0 Å². The first-order valence-corrected chi connectivity index (χ1v) is 5.75. The van der Waals surface area contributed by atoms with E-state index in [2.05, 4.69) is 0 Å². The summed E-state index contributed by atoms with van der Waals surface area (Å²) in [6, 6.07) is 0.0495. The highest BCUT2D eigenvalue weighted by Gasteiger charge is 2.36. The fraction of sp³-hybridized carbons (Fsp3) is 0.909. The van der Waals surface area contributed by atoms with E-state index in [4.69, 9.17) is 9.84 Å². The highest BCUT2D eigenvalue weighted by Crippen LogP contribution is 2.25. The predicted molar refractivity (Wildman–Crippen MR) is 55.3 cm³/mol. The zero-order valence-corrected chi connectivity index (χ0v) is 9.19. The first kappa shape index (κ1) is 10.9. The summed E-state index contributed by atoms with van der Waals surface area (Å²) < 4.78 is 5.41. The van der Waals surface area contributed by atoms with E-state index in [-0.39, 0.29) is 30.6 Å². The number of ether oxygens (including phenoxy) is 1. The third-order valence-electron chi connectivity index (χ3n) is 3.42. The van der Waals surface area contributed by atoms with Crippen molar-refractivity contribution >= 4 is 5.91 Å². The van der Waals surface area contributed by atoms with E-state index >= 15 is 0 Å². The van der Waals surface area contributed by atoms with E-state index in [1.54, 1.807) is 0 Å². The van der Waals surface area contributed by atoms with Crippen molar-refractivity contribution in [1.29, 1.82) is 0 Å². The van der Waals surface area contributed by atoms with Crippen molar-refractivity contribution in [3.8, 4) is 0 Å². The van der Waals surface area contributed by atoms with Crippen LogP contribution in [0.1, 0.15) is 26.2 Å².